The third kappa shape index (κ3) is 2.21. The average molecular weight is 184 g/mol. The highest BCUT2D eigenvalue weighted by molar-refractivity contribution is 5.79. The molecular formula is C10H20N2O. The summed E-state index contributed by atoms with van der Waals surface area (Å²) in [5, 5.41) is 1.76. The van der Waals surface area contributed by atoms with Gasteiger partial charge in [0.1, 0.15) is 0 Å². The molecule has 0 saturated carbocycles. The molecule has 0 radical (unpaired) electrons. The average Bonchev–Trinajstić information content (AvgIpc) is 2.29. The number of hydrogen-bond donors (Lipinski definition) is 1. The standard InChI is InChI=1S/C10H20N2O/c1-7(2)8-6-9(13)12(11-8)10(3,4)5/h7-8,11H,6H2,1-5H3. The maximum atomic E-state index is 11.6. The van der Waals surface area contributed by atoms with Crippen molar-refractivity contribution < 1.29 is 4.79 Å². The quantitative estimate of drug-likeness (QED) is 0.670. The van der Waals surface area contributed by atoms with Crippen LogP contribution in [-0.2, 0) is 4.79 Å². The van der Waals surface area contributed by atoms with Gasteiger partial charge >= 0.3 is 0 Å². The Morgan fingerprint density at radius 2 is 2.00 bits per heavy atom. The lowest BCUT2D eigenvalue weighted by Crippen LogP contribution is -2.50. The Bertz CT molecular complexity index is 205. The van der Waals surface area contributed by atoms with Crippen LogP contribution in [-0.4, -0.2) is 22.5 Å². The van der Waals surface area contributed by atoms with Gasteiger partial charge in [0, 0.05) is 12.5 Å². The van der Waals surface area contributed by atoms with Gasteiger partial charge in [0.05, 0.1) is 5.54 Å². The molecule has 1 fully saturated rings. The van der Waals surface area contributed by atoms with Gasteiger partial charge in [0.2, 0.25) is 5.91 Å². The van der Waals surface area contributed by atoms with Gasteiger partial charge in [0.25, 0.3) is 0 Å². The van der Waals surface area contributed by atoms with Gasteiger partial charge < -0.3 is 0 Å². The molecule has 13 heavy (non-hydrogen) atoms. The second-order valence-electron chi connectivity index (χ2n) is 5.08. The van der Waals surface area contributed by atoms with Crippen molar-refractivity contribution in [2.75, 3.05) is 0 Å². The largest absolute Gasteiger partial charge is 0.273 e. The van der Waals surface area contributed by atoms with E-state index in [0.717, 1.165) is 0 Å². The summed E-state index contributed by atoms with van der Waals surface area (Å²) in [6.45, 7) is 10.4. The van der Waals surface area contributed by atoms with Crippen LogP contribution in [0.25, 0.3) is 0 Å². The smallest absolute Gasteiger partial charge is 0.238 e. The maximum Gasteiger partial charge on any atom is 0.238 e. The molecule has 1 saturated heterocycles. The third-order valence-electron chi connectivity index (χ3n) is 2.41. The molecule has 0 bridgehead atoms. The fourth-order valence-electron chi connectivity index (χ4n) is 1.52. The molecule has 1 heterocycles. The first kappa shape index (κ1) is 10.5. The van der Waals surface area contributed by atoms with E-state index in [1.54, 1.807) is 5.01 Å². The summed E-state index contributed by atoms with van der Waals surface area (Å²) in [5.74, 6) is 0.725. The van der Waals surface area contributed by atoms with Crippen molar-refractivity contribution in [1.29, 1.82) is 0 Å². The number of nitrogens with zero attached hydrogens (tertiary/aromatic N) is 1. The van der Waals surface area contributed by atoms with Crippen molar-refractivity contribution in [2.24, 2.45) is 5.92 Å². The number of hydrogen-bond acceptors (Lipinski definition) is 2. The number of amides is 1. The monoisotopic (exact) mass is 184 g/mol. The van der Waals surface area contributed by atoms with Gasteiger partial charge in [-0.15, -0.1) is 0 Å². The molecule has 0 aromatic carbocycles. The predicted octanol–water partition coefficient (Wildman–Crippen LogP) is 1.55. The third-order valence-corrected chi connectivity index (χ3v) is 2.41. The number of carbonyl (C=O) groups is 1. The Kier molecular flexibility index (Phi) is 2.66. The van der Waals surface area contributed by atoms with Gasteiger partial charge in [0.15, 0.2) is 0 Å². The number of nitrogens with one attached hydrogen (secondary N) is 1. The molecule has 1 N–H and O–H groups in total. The molecule has 3 heteroatoms. The summed E-state index contributed by atoms with van der Waals surface area (Å²) in [7, 11) is 0. The Morgan fingerprint density at radius 3 is 2.23 bits per heavy atom. The van der Waals surface area contributed by atoms with Gasteiger partial charge in [-0.1, -0.05) is 13.8 Å². The van der Waals surface area contributed by atoms with Gasteiger partial charge in [-0.25, -0.2) is 5.43 Å². The van der Waals surface area contributed by atoms with Crippen molar-refractivity contribution in [1.82, 2.24) is 10.4 Å². The van der Waals surface area contributed by atoms with Crippen molar-refractivity contribution in [2.45, 2.75) is 52.6 Å². The molecule has 1 aliphatic heterocycles. The fraction of sp³-hybridized carbons (Fsp3) is 0.900. The molecule has 1 rings (SSSR count). The van der Waals surface area contributed by atoms with E-state index in [0.29, 0.717) is 18.4 Å². The van der Waals surface area contributed by atoms with E-state index in [2.05, 4.69) is 19.3 Å². The van der Waals surface area contributed by atoms with Crippen LogP contribution >= 0.6 is 0 Å². The molecular weight excluding hydrogens is 164 g/mol. The van der Waals surface area contributed by atoms with Crippen LogP contribution < -0.4 is 5.43 Å². The zero-order valence-corrected chi connectivity index (χ0v) is 9.22. The fourth-order valence-corrected chi connectivity index (χ4v) is 1.52. The van der Waals surface area contributed by atoms with E-state index in [1.165, 1.54) is 0 Å². The Balaban J connectivity index is 2.67. The van der Waals surface area contributed by atoms with Crippen LogP contribution in [0.4, 0.5) is 0 Å². The molecule has 3 nitrogen and oxygen atoms in total. The molecule has 0 aromatic rings. The molecule has 1 atom stereocenters. The SMILES string of the molecule is CC(C)C1CC(=O)N(C(C)(C)C)N1. The Hall–Kier alpha value is -0.570. The van der Waals surface area contributed by atoms with Gasteiger partial charge in [-0.2, -0.15) is 0 Å². The minimum Gasteiger partial charge on any atom is -0.273 e. The molecule has 0 aliphatic carbocycles. The van der Waals surface area contributed by atoms with Crippen LogP contribution in [0, 0.1) is 5.92 Å². The van der Waals surface area contributed by atoms with Gasteiger partial charge in [-0.3, -0.25) is 9.80 Å². The van der Waals surface area contributed by atoms with E-state index in [1.807, 2.05) is 20.8 Å². The van der Waals surface area contributed by atoms with E-state index in [4.69, 9.17) is 0 Å². The van der Waals surface area contributed by atoms with Gasteiger partial charge in [-0.05, 0) is 26.7 Å². The number of hydrazine groups is 1. The van der Waals surface area contributed by atoms with Crippen LogP contribution in [0.3, 0.4) is 0 Å². The van der Waals surface area contributed by atoms with Crippen LogP contribution in [0.2, 0.25) is 0 Å². The highest BCUT2D eigenvalue weighted by Gasteiger charge is 2.36. The van der Waals surface area contributed by atoms with Crippen molar-refractivity contribution >= 4 is 5.91 Å². The summed E-state index contributed by atoms with van der Waals surface area (Å²) in [6, 6.07) is 0.312. The zero-order valence-electron chi connectivity index (χ0n) is 9.22. The van der Waals surface area contributed by atoms with Crippen molar-refractivity contribution in [3.8, 4) is 0 Å². The van der Waals surface area contributed by atoms with Crippen LogP contribution in [0.15, 0.2) is 0 Å². The second-order valence-corrected chi connectivity index (χ2v) is 5.08. The molecule has 1 unspecified atom stereocenters. The molecule has 1 amide bonds. The summed E-state index contributed by atoms with van der Waals surface area (Å²) < 4.78 is 0. The minimum atomic E-state index is -0.110. The van der Waals surface area contributed by atoms with E-state index >= 15 is 0 Å². The predicted molar refractivity (Wildman–Crippen MR) is 53.0 cm³/mol. The maximum absolute atomic E-state index is 11.6. The van der Waals surface area contributed by atoms with Crippen LogP contribution in [0.5, 0.6) is 0 Å². The summed E-state index contributed by atoms with van der Waals surface area (Å²) >= 11 is 0. The molecule has 1 aliphatic rings. The first-order valence-corrected chi connectivity index (χ1v) is 4.91. The lowest BCUT2D eigenvalue weighted by molar-refractivity contribution is -0.134. The normalized spacial score (nSPS) is 24.6. The summed E-state index contributed by atoms with van der Waals surface area (Å²) in [5.41, 5.74) is 3.15. The van der Waals surface area contributed by atoms with Crippen LogP contribution in [0.1, 0.15) is 41.0 Å². The van der Waals surface area contributed by atoms with E-state index < -0.39 is 0 Å². The second kappa shape index (κ2) is 3.29. The Morgan fingerprint density at radius 1 is 1.46 bits per heavy atom. The van der Waals surface area contributed by atoms with E-state index in [9.17, 15) is 4.79 Å². The molecule has 76 valence electrons. The highest BCUT2D eigenvalue weighted by Crippen LogP contribution is 2.22. The zero-order chi connectivity index (χ0) is 10.2. The topological polar surface area (TPSA) is 32.3 Å². The number of carbonyl (C=O) groups excluding carboxylic acids is 1. The Labute approximate surface area is 80.5 Å². The summed E-state index contributed by atoms with van der Waals surface area (Å²) in [6.07, 6.45) is 0.634. The molecule has 0 aromatic heterocycles. The first-order chi connectivity index (χ1) is 5.82. The number of rotatable bonds is 1. The first-order valence-electron chi connectivity index (χ1n) is 4.91. The van der Waals surface area contributed by atoms with Crippen molar-refractivity contribution in [3.63, 3.8) is 0 Å². The molecule has 0 spiro atoms. The van der Waals surface area contributed by atoms with E-state index in [-0.39, 0.29) is 11.4 Å². The van der Waals surface area contributed by atoms with Crippen molar-refractivity contribution in [3.05, 3.63) is 0 Å². The lowest BCUT2D eigenvalue weighted by atomic mass is 10.0. The highest BCUT2D eigenvalue weighted by atomic mass is 16.2. The lowest BCUT2D eigenvalue weighted by Gasteiger charge is -2.32. The summed E-state index contributed by atoms with van der Waals surface area (Å²) in [4.78, 5) is 11.6. The minimum absolute atomic E-state index is 0.110.